The number of carboxylic acids is 1. The molecule has 2 N–H and O–H groups in total. The highest BCUT2D eigenvalue weighted by molar-refractivity contribution is 5.86. The zero-order valence-electron chi connectivity index (χ0n) is 19.6. The van der Waals surface area contributed by atoms with Crippen LogP contribution in [0.2, 0.25) is 0 Å². The Kier molecular flexibility index (Phi) is 6.53. The number of nitrogens with zero attached hydrogens (tertiary/aromatic N) is 1. The molecule has 0 bridgehead atoms. The van der Waals surface area contributed by atoms with Gasteiger partial charge in [-0.15, -0.1) is 0 Å². The molecule has 2 aromatic rings. The Morgan fingerprint density at radius 2 is 1.69 bits per heavy atom. The zero-order valence-corrected chi connectivity index (χ0v) is 19.6. The number of aliphatic carboxylic acids is 1. The van der Waals surface area contributed by atoms with Crippen molar-refractivity contribution in [2.75, 3.05) is 26.2 Å². The fourth-order valence-electron chi connectivity index (χ4n) is 5.04. The van der Waals surface area contributed by atoms with Gasteiger partial charge in [0.25, 0.3) is 5.91 Å². The highest BCUT2D eigenvalue weighted by atomic mass is 19.3. The van der Waals surface area contributed by atoms with E-state index < -0.39 is 35.9 Å². The van der Waals surface area contributed by atoms with Gasteiger partial charge in [0.2, 0.25) is 0 Å². The average Bonchev–Trinajstić information content (AvgIpc) is 3.42. The van der Waals surface area contributed by atoms with Crippen molar-refractivity contribution in [2.45, 2.75) is 32.1 Å². The fourth-order valence-corrected chi connectivity index (χ4v) is 5.04. The van der Waals surface area contributed by atoms with E-state index in [-0.39, 0.29) is 38.0 Å². The summed E-state index contributed by atoms with van der Waals surface area (Å²) >= 11 is 0. The highest BCUT2D eigenvalue weighted by Gasteiger charge is 2.52. The second-order valence-electron chi connectivity index (χ2n) is 9.48. The van der Waals surface area contributed by atoms with Crippen molar-refractivity contribution in [3.8, 4) is 11.1 Å². The molecule has 1 fully saturated rings. The first kappa shape index (κ1) is 24.6. The molecule has 1 saturated heterocycles. The Balaban J connectivity index is 1.34. The molecular weight excluding hydrogens is 458 g/mol. The third-order valence-electron chi connectivity index (χ3n) is 7.23. The summed E-state index contributed by atoms with van der Waals surface area (Å²) in [5.41, 5.74) is 2.80. The van der Waals surface area contributed by atoms with Crippen LogP contribution in [0.5, 0.6) is 0 Å². The third kappa shape index (κ3) is 4.47. The van der Waals surface area contributed by atoms with E-state index in [9.17, 15) is 28.3 Å². The van der Waals surface area contributed by atoms with Gasteiger partial charge in [-0.1, -0.05) is 62.4 Å². The van der Waals surface area contributed by atoms with Gasteiger partial charge in [0.15, 0.2) is 0 Å². The highest BCUT2D eigenvalue weighted by Crippen LogP contribution is 2.44. The average molecular weight is 487 g/mol. The summed E-state index contributed by atoms with van der Waals surface area (Å²) in [6, 6.07) is 15.5. The number of hydrogen-bond donors (Lipinski definition) is 2. The van der Waals surface area contributed by atoms with Crippen molar-refractivity contribution in [1.29, 1.82) is 0 Å². The lowest BCUT2D eigenvalue weighted by atomic mass is 9.76. The normalized spacial score (nSPS) is 19.4. The molecule has 0 aromatic heterocycles. The number of rotatable bonds is 7. The molecule has 1 heterocycles. The molecule has 0 spiro atoms. The van der Waals surface area contributed by atoms with Crippen molar-refractivity contribution >= 4 is 18.0 Å². The van der Waals surface area contributed by atoms with Crippen LogP contribution in [0.25, 0.3) is 11.1 Å². The van der Waals surface area contributed by atoms with Crippen molar-refractivity contribution < 1.29 is 33.0 Å². The molecule has 1 aliphatic carbocycles. The quantitative estimate of drug-likeness (QED) is 0.614. The maximum absolute atomic E-state index is 14.6. The summed E-state index contributed by atoms with van der Waals surface area (Å²) in [5.74, 6) is -7.05. The molecule has 1 aliphatic heterocycles. The molecule has 4 rings (SSSR count). The van der Waals surface area contributed by atoms with Crippen LogP contribution >= 0.6 is 0 Å². The van der Waals surface area contributed by atoms with E-state index in [0.717, 1.165) is 27.2 Å². The predicted molar refractivity (Wildman–Crippen MR) is 124 cm³/mol. The van der Waals surface area contributed by atoms with E-state index in [1.807, 2.05) is 53.8 Å². The largest absolute Gasteiger partial charge is 0.481 e. The number of alkyl carbamates (subject to hydrolysis) is 1. The van der Waals surface area contributed by atoms with E-state index in [0.29, 0.717) is 0 Å². The van der Waals surface area contributed by atoms with Gasteiger partial charge in [-0.05, 0) is 34.6 Å². The molecule has 186 valence electrons. The number of nitrogens with one attached hydrogen (secondary N) is 1. The Labute approximate surface area is 202 Å². The summed E-state index contributed by atoms with van der Waals surface area (Å²) in [5, 5.41) is 11.6. The SMILES string of the molecule is CC(C)C1(C(=O)O)CCN(C(=O)C(F)(F)CNC(=O)OCC2c3ccccc3-c3ccccc32)C1. The number of fused-ring (bicyclic) bond motifs is 3. The molecule has 0 saturated carbocycles. The van der Waals surface area contributed by atoms with Gasteiger partial charge in [-0.25, -0.2) is 4.79 Å². The number of likely N-dealkylation sites (tertiary alicyclic amines) is 1. The van der Waals surface area contributed by atoms with E-state index in [1.165, 1.54) is 0 Å². The van der Waals surface area contributed by atoms with Crippen LogP contribution < -0.4 is 5.32 Å². The summed E-state index contributed by atoms with van der Waals surface area (Å²) < 4.78 is 34.5. The molecule has 2 aromatic carbocycles. The second kappa shape index (κ2) is 9.28. The number of hydrogen-bond acceptors (Lipinski definition) is 4. The van der Waals surface area contributed by atoms with E-state index in [4.69, 9.17) is 4.74 Å². The van der Waals surface area contributed by atoms with Gasteiger partial charge >= 0.3 is 18.0 Å². The standard InChI is InChI=1S/C26H28F2N2O5/c1-16(2)25(23(32)33)11-12-30(15-25)22(31)26(27,28)14-29-24(34)35-13-21-19-9-5-3-7-17(19)18-8-4-6-10-20(18)21/h3-10,16,21H,11-15H2,1-2H3,(H,29,34)(H,32,33). The van der Waals surface area contributed by atoms with Gasteiger partial charge in [0.1, 0.15) is 6.61 Å². The van der Waals surface area contributed by atoms with Gasteiger partial charge < -0.3 is 20.1 Å². The number of carbonyl (C=O) groups excluding carboxylic acids is 2. The van der Waals surface area contributed by atoms with Crippen LogP contribution in [-0.2, 0) is 14.3 Å². The minimum atomic E-state index is -3.89. The lowest BCUT2D eigenvalue weighted by Crippen LogP contribution is -2.50. The Morgan fingerprint density at radius 1 is 1.11 bits per heavy atom. The summed E-state index contributed by atoms with van der Waals surface area (Å²) in [4.78, 5) is 37.3. The lowest BCUT2D eigenvalue weighted by Gasteiger charge is -2.29. The minimum absolute atomic E-state index is 0.0407. The first-order valence-corrected chi connectivity index (χ1v) is 11.6. The topological polar surface area (TPSA) is 95.9 Å². The lowest BCUT2D eigenvalue weighted by molar-refractivity contribution is -0.158. The number of halogens is 2. The molecular formula is C26H28F2N2O5. The molecule has 9 heteroatoms. The van der Waals surface area contributed by atoms with Gasteiger partial charge in [0.05, 0.1) is 12.0 Å². The van der Waals surface area contributed by atoms with Gasteiger partial charge in [0, 0.05) is 19.0 Å². The van der Waals surface area contributed by atoms with Crippen molar-refractivity contribution in [3.63, 3.8) is 0 Å². The smallest absolute Gasteiger partial charge is 0.407 e. The monoisotopic (exact) mass is 486 g/mol. The summed E-state index contributed by atoms with van der Waals surface area (Å²) in [6.07, 6.45) is -0.954. The number of amides is 2. The van der Waals surface area contributed by atoms with Gasteiger partial charge in [-0.2, -0.15) is 8.78 Å². The number of carbonyl (C=O) groups is 3. The molecule has 1 unspecified atom stereocenters. The van der Waals surface area contributed by atoms with E-state index in [1.54, 1.807) is 13.8 Å². The Bertz CT molecular complexity index is 1110. The molecule has 35 heavy (non-hydrogen) atoms. The Hall–Kier alpha value is -3.49. The third-order valence-corrected chi connectivity index (χ3v) is 7.23. The number of carboxylic acid groups (broad SMARTS) is 1. The van der Waals surface area contributed by atoms with Crippen molar-refractivity contribution in [2.24, 2.45) is 11.3 Å². The predicted octanol–water partition coefficient (Wildman–Crippen LogP) is 4.12. The zero-order chi connectivity index (χ0) is 25.4. The first-order valence-electron chi connectivity index (χ1n) is 11.6. The molecule has 0 radical (unpaired) electrons. The van der Waals surface area contributed by atoms with Gasteiger partial charge in [-0.3, -0.25) is 9.59 Å². The number of alkyl halides is 2. The molecule has 2 aliphatic rings. The van der Waals surface area contributed by atoms with Crippen LogP contribution in [-0.4, -0.2) is 60.1 Å². The molecule has 1 atom stereocenters. The number of benzene rings is 2. The summed E-state index contributed by atoms with van der Waals surface area (Å²) in [7, 11) is 0. The van der Waals surface area contributed by atoms with Crippen LogP contribution in [0.1, 0.15) is 37.3 Å². The molecule has 2 amide bonds. The van der Waals surface area contributed by atoms with Crippen molar-refractivity contribution in [3.05, 3.63) is 59.7 Å². The van der Waals surface area contributed by atoms with E-state index >= 15 is 0 Å². The van der Waals surface area contributed by atoms with Crippen LogP contribution in [0, 0.1) is 11.3 Å². The van der Waals surface area contributed by atoms with E-state index in [2.05, 4.69) is 0 Å². The first-order chi connectivity index (χ1) is 16.6. The number of ether oxygens (including phenoxy) is 1. The van der Waals surface area contributed by atoms with Crippen LogP contribution in [0.4, 0.5) is 13.6 Å². The molecule has 7 nitrogen and oxygen atoms in total. The fraction of sp³-hybridized carbons (Fsp3) is 0.423. The van der Waals surface area contributed by atoms with Crippen LogP contribution in [0.15, 0.2) is 48.5 Å². The maximum Gasteiger partial charge on any atom is 0.407 e. The van der Waals surface area contributed by atoms with Crippen molar-refractivity contribution in [1.82, 2.24) is 10.2 Å². The van der Waals surface area contributed by atoms with Crippen LogP contribution in [0.3, 0.4) is 0 Å². The maximum atomic E-state index is 14.6. The minimum Gasteiger partial charge on any atom is -0.481 e. The second-order valence-corrected chi connectivity index (χ2v) is 9.48. The Morgan fingerprint density at radius 3 is 2.20 bits per heavy atom. The summed E-state index contributed by atoms with van der Waals surface area (Å²) in [6.45, 7) is 1.74.